The van der Waals surface area contributed by atoms with Gasteiger partial charge in [0.2, 0.25) is 11.8 Å². The normalized spacial score (nSPS) is 13.2. The van der Waals surface area contributed by atoms with Crippen LogP contribution in [0.1, 0.15) is 15.9 Å². The van der Waals surface area contributed by atoms with E-state index in [1.165, 1.54) is 11.3 Å². The molecule has 0 saturated carbocycles. The van der Waals surface area contributed by atoms with Crippen molar-refractivity contribution in [3.05, 3.63) is 65.0 Å². The van der Waals surface area contributed by atoms with Gasteiger partial charge in [-0.2, -0.15) is 0 Å². The number of carbonyl (C=O) groups excluding carboxylic acids is 3. The van der Waals surface area contributed by atoms with Crippen molar-refractivity contribution in [3.8, 4) is 17.0 Å². The number of rotatable bonds is 5. The molecule has 0 atom stereocenters. The monoisotopic (exact) mass is 407 g/mol. The summed E-state index contributed by atoms with van der Waals surface area (Å²) >= 11 is 1.27. The largest absolute Gasteiger partial charge is 0.497 e. The molecule has 0 radical (unpaired) electrons. The van der Waals surface area contributed by atoms with Crippen LogP contribution >= 0.6 is 11.3 Å². The molecular formula is C21H17N3O4S. The Morgan fingerprint density at radius 1 is 1.17 bits per heavy atom. The van der Waals surface area contributed by atoms with Crippen LogP contribution in [0.15, 0.2) is 53.9 Å². The van der Waals surface area contributed by atoms with Crippen molar-refractivity contribution >= 4 is 34.2 Å². The van der Waals surface area contributed by atoms with Gasteiger partial charge in [0, 0.05) is 16.5 Å². The highest BCUT2D eigenvalue weighted by Gasteiger charge is 2.32. The molecule has 1 aromatic heterocycles. The molecule has 1 N–H and O–H groups in total. The third-order valence-corrected chi connectivity index (χ3v) is 5.33. The van der Waals surface area contributed by atoms with Crippen LogP contribution in [0.2, 0.25) is 0 Å². The minimum absolute atomic E-state index is 0.105. The first-order valence-electron chi connectivity index (χ1n) is 8.87. The van der Waals surface area contributed by atoms with Gasteiger partial charge in [0.05, 0.1) is 19.2 Å². The Bertz CT molecular complexity index is 1090. The zero-order valence-electron chi connectivity index (χ0n) is 15.5. The fourth-order valence-electron chi connectivity index (χ4n) is 3.09. The highest BCUT2D eigenvalue weighted by atomic mass is 32.1. The zero-order valence-corrected chi connectivity index (χ0v) is 16.4. The van der Waals surface area contributed by atoms with Crippen molar-refractivity contribution in [2.45, 2.75) is 6.42 Å². The van der Waals surface area contributed by atoms with Gasteiger partial charge < -0.3 is 10.1 Å². The summed E-state index contributed by atoms with van der Waals surface area (Å²) in [6, 6.07) is 14.3. The van der Waals surface area contributed by atoms with Crippen molar-refractivity contribution < 1.29 is 19.1 Å². The molecule has 0 fully saturated rings. The molecule has 4 rings (SSSR count). The lowest BCUT2D eigenvalue weighted by Crippen LogP contribution is -2.46. The van der Waals surface area contributed by atoms with E-state index < -0.39 is 11.8 Å². The third-order valence-electron chi connectivity index (χ3n) is 4.57. The lowest BCUT2D eigenvalue weighted by molar-refractivity contribution is -0.131. The number of hydrogen-bond donors (Lipinski definition) is 1. The first-order valence-corrected chi connectivity index (χ1v) is 9.75. The fraction of sp³-hybridized carbons (Fsp3) is 0.143. The van der Waals surface area contributed by atoms with Crippen LogP contribution in [-0.2, 0) is 16.0 Å². The number of ether oxygens (including phenoxy) is 1. The van der Waals surface area contributed by atoms with Gasteiger partial charge in [-0.25, -0.2) is 4.98 Å². The van der Waals surface area contributed by atoms with Gasteiger partial charge in [0.1, 0.15) is 12.3 Å². The Morgan fingerprint density at radius 3 is 2.69 bits per heavy atom. The van der Waals surface area contributed by atoms with Crippen molar-refractivity contribution in [1.82, 2.24) is 9.88 Å². The molecule has 3 amide bonds. The molecule has 0 spiro atoms. The van der Waals surface area contributed by atoms with Crippen molar-refractivity contribution in [2.75, 3.05) is 19.0 Å². The number of thiazole rings is 1. The smallest absolute Gasteiger partial charge is 0.261 e. The second-order valence-corrected chi connectivity index (χ2v) is 7.29. The van der Waals surface area contributed by atoms with Crippen LogP contribution in [-0.4, -0.2) is 41.3 Å². The highest BCUT2D eigenvalue weighted by molar-refractivity contribution is 7.14. The maximum absolute atomic E-state index is 12.6. The minimum Gasteiger partial charge on any atom is -0.497 e. The number of nitrogens with one attached hydrogen (secondary N) is 1. The fourth-order valence-corrected chi connectivity index (χ4v) is 3.82. The molecule has 3 aromatic rings. The quantitative estimate of drug-likeness (QED) is 0.657. The molecule has 7 nitrogen and oxygen atoms in total. The summed E-state index contributed by atoms with van der Waals surface area (Å²) in [7, 11) is 1.60. The molecule has 2 heterocycles. The van der Waals surface area contributed by atoms with Gasteiger partial charge in [-0.05, 0) is 35.9 Å². The van der Waals surface area contributed by atoms with Gasteiger partial charge >= 0.3 is 0 Å². The number of amides is 3. The van der Waals surface area contributed by atoms with Crippen LogP contribution in [0, 0.1) is 0 Å². The van der Waals surface area contributed by atoms with E-state index >= 15 is 0 Å². The zero-order chi connectivity index (χ0) is 20.4. The summed E-state index contributed by atoms with van der Waals surface area (Å²) in [6.07, 6.45) is 0.105. The van der Waals surface area contributed by atoms with Crippen molar-refractivity contribution in [2.24, 2.45) is 0 Å². The molecule has 0 unspecified atom stereocenters. The van der Waals surface area contributed by atoms with Crippen molar-refractivity contribution in [1.29, 1.82) is 0 Å². The van der Waals surface area contributed by atoms with Gasteiger partial charge in [-0.3, -0.25) is 19.3 Å². The summed E-state index contributed by atoms with van der Waals surface area (Å²) in [6.45, 7) is -0.344. The standard InChI is InChI=1S/C21H17N3O4S/c1-28-15-8-6-13(7-9-15)17-12-29-21(22-17)23-18(25)11-24-19(26)10-14-4-2-3-5-16(14)20(24)27/h2-9,12H,10-11H2,1H3,(H,22,23,25). The van der Waals surface area contributed by atoms with Crippen LogP contribution < -0.4 is 10.1 Å². The second kappa shape index (κ2) is 7.84. The van der Waals surface area contributed by atoms with Crippen LogP contribution in [0.3, 0.4) is 0 Å². The summed E-state index contributed by atoms with van der Waals surface area (Å²) in [5.74, 6) is -0.566. The van der Waals surface area contributed by atoms with Crippen LogP contribution in [0.25, 0.3) is 11.3 Å². The Balaban J connectivity index is 1.43. The molecule has 0 aliphatic carbocycles. The summed E-state index contributed by atoms with van der Waals surface area (Å²) in [5, 5.41) is 4.89. The van der Waals surface area contributed by atoms with E-state index in [2.05, 4.69) is 10.3 Å². The summed E-state index contributed by atoms with van der Waals surface area (Å²) in [4.78, 5) is 42.6. The number of aromatic nitrogens is 1. The predicted molar refractivity (Wildman–Crippen MR) is 109 cm³/mol. The molecule has 1 aliphatic heterocycles. The van der Waals surface area contributed by atoms with E-state index in [0.717, 1.165) is 16.2 Å². The van der Waals surface area contributed by atoms with E-state index in [-0.39, 0.29) is 18.9 Å². The first kappa shape index (κ1) is 18.8. The van der Waals surface area contributed by atoms with E-state index in [1.54, 1.807) is 31.4 Å². The number of anilines is 1. The topological polar surface area (TPSA) is 88.6 Å². The number of fused-ring (bicyclic) bond motifs is 1. The van der Waals surface area contributed by atoms with Gasteiger partial charge in [-0.15, -0.1) is 11.3 Å². The number of benzene rings is 2. The average molecular weight is 407 g/mol. The lowest BCUT2D eigenvalue weighted by Gasteiger charge is -2.26. The molecule has 1 aliphatic rings. The van der Waals surface area contributed by atoms with Crippen LogP contribution in [0.4, 0.5) is 5.13 Å². The number of nitrogens with zero attached hydrogens (tertiary/aromatic N) is 2. The molecule has 146 valence electrons. The average Bonchev–Trinajstić information content (AvgIpc) is 3.19. The van der Waals surface area contributed by atoms with E-state index in [4.69, 9.17) is 4.74 Å². The van der Waals surface area contributed by atoms with E-state index in [9.17, 15) is 14.4 Å². The maximum atomic E-state index is 12.6. The number of methoxy groups -OCH3 is 1. The second-order valence-electron chi connectivity index (χ2n) is 6.43. The SMILES string of the molecule is COc1ccc(-c2csc(NC(=O)CN3C(=O)Cc4ccccc4C3=O)n2)cc1. The van der Waals surface area contributed by atoms with E-state index in [1.807, 2.05) is 29.6 Å². The minimum atomic E-state index is -0.471. The third kappa shape index (κ3) is 3.88. The van der Waals surface area contributed by atoms with Gasteiger partial charge in [-0.1, -0.05) is 18.2 Å². The Hall–Kier alpha value is -3.52. The highest BCUT2D eigenvalue weighted by Crippen LogP contribution is 2.26. The van der Waals surface area contributed by atoms with Crippen LogP contribution in [0.5, 0.6) is 5.75 Å². The molecule has 0 bridgehead atoms. The number of hydrogen-bond acceptors (Lipinski definition) is 6. The first-order chi connectivity index (χ1) is 14.0. The predicted octanol–water partition coefficient (Wildman–Crippen LogP) is 2.98. The van der Waals surface area contributed by atoms with Gasteiger partial charge in [0.25, 0.3) is 5.91 Å². The Kier molecular flexibility index (Phi) is 5.09. The molecule has 0 saturated heterocycles. The Morgan fingerprint density at radius 2 is 1.93 bits per heavy atom. The summed E-state index contributed by atoms with van der Waals surface area (Å²) < 4.78 is 5.14. The molecule has 8 heteroatoms. The lowest BCUT2D eigenvalue weighted by atomic mass is 9.98. The summed E-state index contributed by atoms with van der Waals surface area (Å²) in [5.41, 5.74) is 2.74. The number of imide groups is 1. The molecule has 29 heavy (non-hydrogen) atoms. The molecule has 2 aromatic carbocycles. The molecular weight excluding hydrogens is 390 g/mol. The maximum Gasteiger partial charge on any atom is 0.261 e. The van der Waals surface area contributed by atoms with E-state index in [0.29, 0.717) is 22.0 Å². The van der Waals surface area contributed by atoms with Crippen molar-refractivity contribution in [3.63, 3.8) is 0 Å². The van der Waals surface area contributed by atoms with Gasteiger partial charge in [0.15, 0.2) is 5.13 Å². The number of carbonyl (C=O) groups is 3. The Labute approximate surface area is 170 Å².